The molecule has 0 bridgehead atoms. The molecule has 0 radical (unpaired) electrons. The number of ether oxygens (including phenoxy) is 1. The molecule has 0 atom stereocenters. The number of carbonyl (C=O) groups is 2. The summed E-state index contributed by atoms with van der Waals surface area (Å²) in [5.41, 5.74) is 1.70. The number of rotatable bonds is 2. The third-order valence-electron chi connectivity index (χ3n) is 1.29. The summed E-state index contributed by atoms with van der Waals surface area (Å²) in [6, 6.07) is 0. The van der Waals surface area contributed by atoms with Crippen molar-refractivity contribution in [1.29, 1.82) is 0 Å². The molecule has 0 aliphatic heterocycles. The van der Waals surface area contributed by atoms with Crippen LogP contribution in [0.15, 0.2) is 6.33 Å². The van der Waals surface area contributed by atoms with E-state index in [0.29, 0.717) is 6.29 Å². The summed E-state index contributed by atoms with van der Waals surface area (Å²) in [4.78, 5) is 21.7. The van der Waals surface area contributed by atoms with Gasteiger partial charge in [-0.15, -0.1) is 10.2 Å². The van der Waals surface area contributed by atoms with Gasteiger partial charge in [0.1, 0.15) is 11.9 Å². The molecule has 1 amide bonds. The highest BCUT2D eigenvalue weighted by atomic mass is 16.6. The number of nitrogens with one attached hydrogen (secondary N) is 1. The molecule has 0 aromatic carbocycles. The van der Waals surface area contributed by atoms with E-state index < -0.39 is 11.7 Å². The summed E-state index contributed by atoms with van der Waals surface area (Å²) in [5, 5.41) is 6.91. The van der Waals surface area contributed by atoms with Crippen LogP contribution in [0.1, 0.15) is 31.4 Å². The van der Waals surface area contributed by atoms with Crippen molar-refractivity contribution in [3.63, 3.8) is 0 Å². The minimum absolute atomic E-state index is 0.000796. The fourth-order valence-electron chi connectivity index (χ4n) is 0.810. The van der Waals surface area contributed by atoms with Gasteiger partial charge in [0.2, 0.25) is 5.82 Å². The van der Waals surface area contributed by atoms with Crippen LogP contribution in [0.3, 0.4) is 0 Å². The van der Waals surface area contributed by atoms with Crippen LogP contribution in [0, 0.1) is 0 Å². The lowest BCUT2D eigenvalue weighted by molar-refractivity contribution is 0.0612. The van der Waals surface area contributed by atoms with Gasteiger partial charge in [0.25, 0.3) is 0 Å². The number of amides is 1. The zero-order chi connectivity index (χ0) is 11.5. The van der Waals surface area contributed by atoms with E-state index in [9.17, 15) is 9.59 Å². The molecule has 7 nitrogen and oxygen atoms in total. The fourth-order valence-corrected chi connectivity index (χ4v) is 0.810. The Hall–Kier alpha value is -1.92. The van der Waals surface area contributed by atoms with Gasteiger partial charge in [-0.25, -0.2) is 14.9 Å². The molecule has 15 heavy (non-hydrogen) atoms. The van der Waals surface area contributed by atoms with E-state index in [2.05, 4.69) is 15.6 Å². The quantitative estimate of drug-likeness (QED) is 0.724. The van der Waals surface area contributed by atoms with Gasteiger partial charge in [-0.3, -0.25) is 4.79 Å². The Morgan fingerprint density at radius 1 is 1.60 bits per heavy atom. The van der Waals surface area contributed by atoms with Crippen molar-refractivity contribution < 1.29 is 14.3 Å². The monoisotopic (exact) mass is 212 g/mol. The van der Waals surface area contributed by atoms with Gasteiger partial charge >= 0.3 is 6.09 Å². The van der Waals surface area contributed by atoms with Gasteiger partial charge in [-0.2, -0.15) is 0 Å². The Labute approximate surface area is 86.4 Å². The average Bonchev–Trinajstić information content (AvgIpc) is 2.48. The van der Waals surface area contributed by atoms with E-state index in [4.69, 9.17) is 4.74 Å². The molecule has 0 fully saturated rings. The molecular formula is C8H12N4O3. The Bertz CT molecular complexity index is 366. The van der Waals surface area contributed by atoms with Crippen LogP contribution in [0.2, 0.25) is 0 Å². The fraction of sp³-hybridized carbons (Fsp3) is 0.500. The molecule has 7 heteroatoms. The molecule has 0 aliphatic rings. The van der Waals surface area contributed by atoms with Gasteiger partial charge in [-0.05, 0) is 20.8 Å². The van der Waals surface area contributed by atoms with E-state index >= 15 is 0 Å². The minimum atomic E-state index is -0.676. The maximum absolute atomic E-state index is 11.3. The smallest absolute Gasteiger partial charge is 0.427 e. The van der Waals surface area contributed by atoms with Crippen molar-refractivity contribution in [2.24, 2.45) is 0 Å². The molecule has 0 spiro atoms. The van der Waals surface area contributed by atoms with Gasteiger partial charge in [0.15, 0.2) is 6.29 Å². The predicted molar refractivity (Wildman–Crippen MR) is 51.0 cm³/mol. The molecule has 1 aromatic heterocycles. The Balaban J connectivity index is 2.63. The molecule has 1 N–H and O–H groups in total. The third-order valence-corrected chi connectivity index (χ3v) is 1.29. The molecular weight excluding hydrogens is 200 g/mol. The Kier molecular flexibility index (Phi) is 3.03. The number of hydrogen-bond acceptors (Lipinski definition) is 5. The third kappa shape index (κ3) is 3.37. The van der Waals surface area contributed by atoms with Gasteiger partial charge in [0.05, 0.1) is 0 Å². The zero-order valence-corrected chi connectivity index (χ0v) is 8.72. The maximum atomic E-state index is 11.3. The first-order chi connectivity index (χ1) is 6.92. The summed E-state index contributed by atoms with van der Waals surface area (Å²) in [6.45, 7) is 5.21. The van der Waals surface area contributed by atoms with Gasteiger partial charge < -0.3 is 4.74 Å². The van der Waals surface area contributed by atoms with Crippen molar-refractivity contribution in [3.05, 3.63) is 12.2 Å². The Morgan fingerprint density at radius 2 is 2.27 bits per heavy atom. The lowest BCUT2D eigenvalue weighted by atomic mass is 10.2. The summed E-state index contributed by atoms with van der Waals surface area (Å²) in [6.07, 6.45) is 1.00. The summed E-state index contributed by atoms with van der Waals surface area (Å²) in [7, 11) is 0. The van der Waals surface area contributed by atoms with Crippen molar-refractivity contribution in [1.82, 2.24) is 14.9 Å². The summed E-state index contributed by atoms with van der Waals surface area (Å²) < 4.78 is 6.05. The molecule has 0 unspecified atom stereocenters. The largest absolute Gasteiger partial charge is 0.443 e. The molecule has 82 valence electrons. The first kappa shape index (κ1) is 11.2. The molecule has 1 aromatic rings. The van der Waals surface area contributed by atoms with Crippen LogP contribution in [0.4, 0.5) is 4.79 Å². The van der Waals surface area contributed by atoms with Crippen LogP contribution in [0.25, 0.3) is 0 Å². The van der Waals surface area contributed by atoms with Crippen LogP contribution >= 0.6 is 0 Å². The van der Waals surface area contributed by atoms with Crippen LogP contribution in [-0.4, -0.2) is 32.9 Å². The lowest BCUT2D eigenvalue weighted by Gasteiger charge is -2.19. The highest BCUT2D eigenvalue weighted by Gasteiger charge is 2.17. The highest BCUT2D eigenvalue weighted by molar-refractivity contribution is 5.78. The summed E-state index contributed by atoms with van der Waals surface area (Å²) >= 11 is 0. The predicted octanol–water partition coefficient (Wildman–Crippen LogP) is 0.569. The van der Waals surface area contributed by atoms with Crippen LogP contribution in [-0.2, 0) is 4.74 Å². The van der Waals surface area contributed by atoms with E-state index in [1.54, 1.807) is 20.8 Å². The van der Waals surface area contributed by atoms with Crippen molar-refractivity contribution >= 4 is 12.4 Å². The second kappa shape index (κ2) is 4.07. The molecule has 0 aliphatic carbocycles. The number of nitrogens with zero attached hydrogens (tertiary/aromatic N) is 3. The maximum Gasteiger partial charge on any atom is 0.427 e. The molecule has 1 rings (SSSR count). The van der Waals surface area contributed by atoms with E-state index in [-0.39, 0.29) is 5.82 Å². The Morgan fingerprint density at radius 3 is 2.80 bits per heavy atom. The number of hydrogen-bond donors (Lipinski definition) is 1. The van der Waals surface area contributed by atoms with Crippen molar-refractivity contribution in [2.75, 3.05) is 5.43 Å². The van der Waals surface area contributed by atoms with E-state index in [1.807, 2.05) is 0 Å². The van der Waals surface area contributed by atoms with Crippen molar-refractivity contribution in [2.45, 2.75) is 26.4 Å². The van der Waals surface area contributed by atoms with Crippen molar-refractivity contribution in [3.8, 4) is 0 Å². The average molecular weight is 212 g/mol. The first-order valence-corrected chi connectivity index (χ1v) is 4.27. The lowest BCUT2D eigenvalue weighted by Crippen LogP contribution is -2.32. The van der Waals surface area contributed by atoms with Crippen LogP contribution in [0.5, 0.6) is 0 Å². The normalized spacial score (nSPS) is 10.9. The molecule has 0 saturated heterocycles. The zero-order valence-electron chi connectivity index (χ0n) is 8.72. The van der Waals surface area contributed by atoms with Gasteiger partial charge in [-0.1, -0.05) is 0 Å². The molecule has 1 heterocycles. The number of aromatic nitrogens is 3. The first-order valence-electron chi connectivity index (χ1n) is 4.27. The number of aldehydes is 1. The van der Waals surface area contributed by atoms with E-state index in [1.165, 1.54) is 6.33 Å². The second-order valence-electron chi connectivity index (χ2n) is 3.79. The second-order valence-corrected chi connectivity index (χ2v) is 3.79. The van der Waals surface area contributed by atoms with Gasteiger partial charge in [0, 0.05) is 0 Å². The standard InChI is InChI=1S/C8H12N4O3/c1-8(2,3)15-7(14)11-12-5-9-10-6(12)4-13/h4-5H,1-3H3,(H,11,14). The van der Waals surface area contributed by atoms with Crippen LogP contribution < -0.4 is 5.43 Å². The number of carbonyl (C=O) groups excluding carboxylic acids is 2. The molecule has 0 saturated carbocycles. The minimum Gasteiger partial charge on any atom is -0.443 e. The highest BCUT2D eigenvalue weighted by Crippen LogP contribution is 2.06. The topological polar surface area (TPSA) is 86.1 Å². The SMILES string of the molecule is CC(C)(C)OC(=O)Nn1cnnc1C=O. The summed E-state index contributed by atoms with van der Waals surface area (Å²) in [5.74, 6) is 0.000796. The van der Waals surface area contributed by atoms with E-state index in [0.717, 1.165) is 4.68 Å².